The molecular weight excluding hydrogens is 313 g/mol. The lowest BCUT2D eigenvalue weighted by Gasteiger charge is -2.08. The van der Waals surface area contributed by atoms with E-state index < -0.39 is 0 Å². The van der Waals surface area contributed by atoms with E-state index in [0.717, 1.165) is 26.7 Å². The van der Waals surface area contributed by atoms with Gasteiger partial charge in [0.2, 0.25) is 0 Å². The van der Waals surface area contributed by atoms with Crippen molar-refractivity contribution in [2.45, 2.75) is 6.92 Å². The molecule has 3 nitrogen and oxygen atoms in total. The number of rotatable bonds is 4. The smallest absolute Gasteiger partial charge is 0.161 e. The molecule has 0 amide bonds. The van der Waals surface area contributed by atoms with Crippen molar-refractivity contribution in [3.8, 4) is 33.3 Å². The van der Waals surface area contributed by atoms with Gasteiger partial charge in [-0.3, -0.25) is 0 Å². The highest BCUT2D eigenvalue weighted by Gasteiger charge is 2.14. The van der Waals surface area contributed by atoms with Crippen LogP contribution in [0.5, 0.6) is 11.5 Å². The summed E-state index contributed by atoms with van der Waals surface area (Å²) in [5, 5.41) is 0.868. The summed E-state index contributed by atoms with van der Waals surface area (Å²) in [5.74, 6) is 1.10. The van der Waals surface area contributed by atoms with Gasteiger partial charge in [-0.15, -0.1) is 11.3 Å². The second kappa shape index (κ2) is 6.38. The first-order valence-corrected chi connectivity index (χ1v) is 7.90. The standard InChI is InChI=1S/C18H16FNO2S/c1-11-17(13-6-9-15(21-2)16(10-13)22-3)20-18(23-11)12-4-7-14(19)8-5-12/h4-10H,1-3H3. The molecule has 0 saturated carbocycles. The normalized spacial score (nSPS) is 10.6. The first kappa shape index (κ1) is 15.5. The summed E-state index contributed by atoms with van der Waals surface area (Å²) < 4.78 is 23.7. The van der Waals surface area contributed by atoms with Gasteiger partial charge >= 0.3 is 0 Å². The Morgan fingerprint density at radius 1 is 0.913 bits per heavy atom. The van der Waals surface area contributed by atoms with Crippen molar-refractivity contribution in [1.82, 2.24) is 4.98 Å². The molecule has 0 saturated heterocycles. The van der Waals surface area contributed by atoms with Gasteiger partial charge in [0.1, 0.15) is 10.8 Å². The maximum atomic E-state index is 13.1. The lowest BCUT2D eigenvalue weighted by atomic mass is 10.1. The average molecular weight is 329 g/mol. The van der Waals surface area contributed by atoms with Crippen LogP contribution in [0.25, 0.3) is 21.8 Å². The molecule has 0 fully saturated rings. The Morgan fingerprint density at radius 2 is 1.57 bits per heavy atom. The number of aryl methyl sites for hydroxylation is 1. The number of benzene rings is 2. The third-order valence-electron chi connectivity index (χ3n) is 3.54. The minimum absolute atomic E-state index is 0.248. The van der Waals surface area contributed by atoms with Crippen LogP contribution in [0.4, 0.5) is 4.39 Å². The SMILES string of the molecule is COc1ccc(-c2nc(-c3ccc(F)cc3)sc2C)cc1OC. The Bertz CT molecular complexity index is 828. The van der Waals surface area contributed by atoms with Crippen molar-refractivity contribution in [3.63, 3.8) is 0 Å². The molecule has 1 aromatic heterocycles. The van der Waals surface area contributed by atoms with Crippen LogP contribution in [0.3, 0.4) is 0 Å². The highest BCUT2D eigenvalue weighted by molar-refractivity contribution is 7.15. The van der Waals surface area contributed by atoms with Crippen molar-refractivity contribution in [2.75, 3.05) is 14.2 Å². The van der Waals surface area contributed by atoms with Gasteiger partial charge in [-0.2, -0.15) is 0 Å². The summed E-state index contributed by atoms with van der Waals surface area (Å²) >= 11 is 1.59. The van der Waals surface area contributed by atoms with Gasteiger partial charge in [0, 0.05) is 16.0 Å². The number of thiazole rings is 1. The minimum Gasteiger partial charge on any atom is -0.493 e. The third-order valence-corrected chi connectivity index (χ3v) is 4.56. The maximum absolute atomic E-state index is 13.1. The Labute approximate surface area is 138 Å². The third kappa shape index (κ3) is 3.05. The van der Waals surface area contributed by atoms with Crippen molar-refractivity contribution in [3.05, 3.63) is 53.2 Å². The fourth-order valence-electron chi connectivity index (χ4n) is 2.36. The van der Waals surface area contributed by atoms with Crippen molar-refractivity contribution >= 4 is 11.3 Å². The molecule has 0 bridgehead atoms. The quantitative estimate of drug-likeness (QED) is 0.679. The van der Waals surface area contributed by atoms with Crippen LogP contribution in [0.15, 0.2) is 42.5 Å². The number of hydrogen-bond donors (Lipinski definition) is 0. The fourth-order valence-corrected chi connectivity index (χ4v) is 3.30. The highest BCUT2D eigenvalue weighted by Crippen LogP contribution is 2.37. The zero-order valence-electron chi connectivity index (χ0n) is 13.1. The molecule has 0 aliphatic rings. The van der Waals surface area contributed by atoms with E-state index in [1.165, 1.54) is 12.1 Å². The molecule has 2 aromatic carbocycles. The predicted molar refractivity (Wildman–Crippen MR) is 90.8 cm³/mol. The number of halogens is 1. The van der Waals surface area contributed by atoms with E-state index >= 15 is 0 Å². The Hall–Kier alpha value is -2.40. The van der Waals surface area contributed by atoms with Gasteiger partial charge in [0.05, 0.1) is 19.9 Å². The van der Waals surface area contributed by atoms with Crippen LogP contribution in [0.2, 0.25) is 0 Å². The lowest BCUT2D eigenvalue weighted by Crippen LogP contribution is -1.91. The van der Waals surface area contributed by atoms with Crippen molar-refractivity contribution in [1.29, 1.82) is 0 Å². The first-order chi connectivity index (χ1) is 11.1. The molecule has 3 aromatic rings. The monoisotopic (exact) mass is 329 g/mol. The fraction of sp³-hybridized carbons (Fsp3) is 0.167. The molecule has 0 aliphatic heterocycles. The van der Waals surface area contributed by atoms with E-state index in [1.807, 2.05) is 25.1 Å². The predicted octanol–water partition coefficient (Wildman–Crippen LogP) is 4.94. The van der Waals surface area contributed by atoms with Gasteiger partial charge in [0.15, 0.2) is 11.5 Å². The minimum atomic E-state index is -0.248. The number of hydrogen-bond acceptors (Lipinski definition) is 4. The zero-order valence-corrected chi connectivity index (χ0v) is 13.9. The summed E-state index contributed by atoms with van der Waals surface area (Å²) in [7, 11) is 3.22. The summed E-state index contributed by atoms with van der Waals surface area (Å²) in [6, 6.07) is 12.1. The summed E-state index contributed by atoms with van der Waals surface area (Å²) in [6.07, 6.45) is 0. The van der Waals surface area contributed by atoms with Crippen LogP contribution >= 0.6 is 11.3 Å². The van der Waals surface area contributed by atoms with Crippen molar-refractivity contribution < 1.29 is 13.9 Å². The number of ether oxygens (including phenoxy) is 2. The molecule has 1 heterocycles. The molecule has 0 N–H and O–H groups in total. The largest absolute Gasteiger partial charge is 0.493 e. The molecule has 0 radical (unpaired) electrons. The van der Waals surface area contributed by atoms with E-state index in [0.29, 0.717) is 11.5 Å². The Balaban J connectivity index is 2.02. The molecule has 118 valence electrons. The first-order valence-electron chi connectivity index (χ1n) is 7.08. The second-order valence-corrected chi connectivity index (χ2v) is 6.20. The van der Waals surface area contributed by atoms with Crippen LogP contribution in [0.1, 0.15) is 4.88 Å². The maximum Gasteiger partial charge on any atom is 0.161 e. The van der Waals surface area contributed by atoms with Crippen LogP contribution < -0.4 is 9.47 Å². The van der Waals surface area contributed by atoms with Gasteiger partial charge in [-0.1, -0.05) is 0 Å². The molecule has 0 spiro atoms. The lowest BCUT2D eigenvalue weighted by molar-refractivity contribution is 0.355. The number of methoxy groups -OCH3 is 2. The van der Waals surface area contributed by atoms with Gasteiger partial charge in [-0.25, -0.2) is 9.37 Å². The summed E-state index contributed by atoms with van der Waals surface area (Å²) in [5.41, 5.74) is 2.77. The number of nitrogens with zero attached hydrogens (tertiary/aromatic N) is 1. The van der Waals surface area contributed by atoms with E-state index in [2.05, 4.69) is 0 Å². The van der Waals surface area contributed by atoms with E-state index in [1.54, 1.807) is 37.7 Å². The van der Waals surface area contributed by atoms with E-state index in [9.17, 15) is 4.39 Å². The van der Waals surface area contributed by atoms with E-state index in [4.69, 9.17) is 14.5 Å². The zero-order chi connectivity index (χ0) is 16.4. The number of aromatic nitrogens is 1. The highest BCUT2D eigenvalue weighted by atomic mass is 32.1. The second-order valence-electron chi connectivity index (χ2n) is 5.00. The summed E-state index contributed by atoms with van der Waals surface area (Å²) in [6.45, 7) is 2.02. The van der Waals surface area contributed by atoms with Crippen LogP contribution in [-0.2, 0) is 0 Å². The van der Waals surface area contributed by atoms with Gasteiger partial charge < -0.3 is 9.47 Å². The van der Waals surface area contributed by atoms with Crippen LogP contribution in [0, 0.1) is 12.7 Å². The van der Waals surface area contributed by atoms with Crippen LogP contribution in [-0.4, -0.2) is 19.2 Å². The molecular formula is C18H16FNO2S. The molecule has 0 aliphatic carbocycles. The van der Waals surface area contributed by atoms with Gasteiger partial charge in [0.25, 0.3) is 0 Å². The average Bonchev–Trinajstić information content (AvgIpc) is 2.96. The molecule has 0 unspecified atom stereocenters. The summed E-state index contributed by atoms with van der Waals surface area (Å²) in [4.78, 5) is 5.80. The Kier molecular flexibility index (Phi) is 4.30. The molecule has 3 rings (SSSR count). The molecule has 23 heavy (non-hydrogen) atoms. The van der Waals surface area contributed by atoms with E-state index in [-0.39, 0.29) is 5.82 Å². The topological polar surface area (TPSA) is 31.4 Å². The molecule has 5 heteroatoms. The molecule has 0 atom stereocenters. The van der Waals surface area contributed by atoms with Gasteiger partial charge in [-0.05, 0) is 49.4 Å². The van der Waals surface area contributed by atoms with Crippen molar-refractivity contribution in [2.24, 2.45) is 0 Å². The Morgan fingerprint density at radius 3 is 2.22 bits per heavy atom.